The molecule has 3 amide bonds. The van der Waals surface area contributed by atoms with E-state index >= 15 is 0 Å². The summed E-state index contributed by atoms with van der Waals surface area (Å²) >= 11 is 1.45. The average Bonchev–Trinajstić information content (AvgIpc) is 3.29. The zero-order chi connectivity index (χ0) is 25.8. The fourth-order valence-corrected chi connectivity index (χ4v) is 3.57. The zero-order valence-corrected chi connectivity index (χ0v) is 20.7. The number of rotatable bonds is 15. The topological polar surface area (TPSA) is 200 Å². The van der Waals surface area contributed by atoms with Crippen molar-refractivity contribution in [3.8, 4) is 0 Å². The quantitative estimate of drug-likeness (QED) is 0.158. The first-order chi connectivity index (χ1) is 16.0. The first-order valence-electron chi connectivity index (χ1n) is 11.0. The third-order valence-corrected chi connectivity index (χ3v) is 6.06. The van der Waals surface area contributed by atoms with Crippen LogP contribution in [0.3, 0.4) is 0 Å². The van der Waals surface area contributed by atoms with Gasteiger partial charge in [-0.2, -0.15) is 11.8 Å². The number of carboxylic acid groups (broad SMARTS) is 1. The molecule has 0 aliphatic carbocycles. The Balaban J connectivity index is 2.90. The summed E-state index contributed by atoms with van der Waals surface area (Å²) in [5.74, 6) is -3.07. The van der Waals surface area contributed by atoms with Crippen molar-refractivity contribution in [1.29, 1.82) is 0 Å². The highest BCUT2D eigenvalue weighted by molar-refractivity contribution is 7.98. The average molecular weight is 501 g/mol. The monoisotopic (exact) mass is 500 g/mol. The third kappa shape index (κ3) is 9.31. The number of aliphatic hydroxyl groups excluding tert-OH is 1. The van der Waals surface area contributed by atoms with Crippen LogP contribution < -0.4 is 21.7 Å². The predicted octanol–water partition coefficient (Wildman–Crippen LogP) is -1.00. The molecule has 0 spiro atoms. The number of hydrogen-bond acceptors (Lipinski definition) is 8. The van der Waals surface area contributed by atoms with Crippen molar-refractivity contribution in [2.45, 2.75) is 70.3 Å². The molecule has 6 atom stereocenters. The highest BCUT2D eigenvalue weighted by atomic mass is 32.2. The van der Waals surface area contributed by atoms with Crippen LogP contribution >= 0.6 is 11.8 Å². The molecule has 6 unspecified atom stereocenters. The number of hydrogen-bond donors (Lipinski definition) is 7. The van der Waals surface area contributed by atoms with E-state index in [1.165, 1.54) is 31.2 Å². The lowest BCUT2D eigenvalue weighted by atomic mass is 9.98. The molecule has 0 aromatic carbocycles. The summed E-state index contributed by atoms with van der Waals surface area (Å²) in [6.07, 6.45) is 4.42. The molecular formula is C21H36N6O6S. The van der Waals surface area contributed by atoms with Crippen LogP contribution in [-0.2, 0) is 25.6 Å². The van der Waals surface area contributed by atoms with Crippen LogP contribution in [0, 0.1) is 5.92 Å². The minimum atomic E-state index is -1.37. The molecule has 34 heavy (non-hydrogen) atoms. The molecule has 192 valence electrons. The first kappa shape index (κ1) is 29.4. The SMILES string of the molecule is CCC(C)C(NC(=O)C(CCSC)NC(=O)C(NC(=O)C(N)Cc1cnc[nH]1)C(C)O)C(=O)O. The van der Waals surface area contributed by atoms with Gasteiger partial charge in [0.05, 0.1) is 18.5 Å². The van der Waals surface area contributed by atoms with Gasteiger partial charge >= 0.3 is 5.97 Å². The number of nitrogens with one attached hydrogen (secondary N) is 4. The van der Waals surface area contributed by atoms with E-state index in [2.05, 4.69) is 25.9 Å². The van der Waals surface area contributed by atoms with Crippen LogP contribution in [0.5, 0.6) is 0 Å². The third-order valence-electron chi connectivity index (χ3n) is 5.41. The molecule has 0 bridgehead atoms. The van der Waals surface area contributed by atoms with Crippen LogP contribution in [-0.4, -0.2) is 86.2 Å². The molecule has 0 fully saturated rings. The number of amides is 3. The van der Waals surface area contributed by atoms with Crippen LogP contribution in [0.15, 0.2) is 12.5 Å². The fourth-order valence-electron chi connectivity index (χ4n) is 3.09. The summed E-state index contributed by atoms with van der Waals surface area (Å²) in [5.41, 5.74) is 6.53. The van der Waals surface area contributed by atoms with E-state index in [9.17, 15) is 29.4 Å². The minimum Gasteiger partial charge on any atom is -0.480 e. The Morgan fingerprint density at radius 3 is 2.26 bits per heavy atom. The Kier molecular flexibility index (Phi) is 12.6. The Labute approximate surface area is 203 Å². The van der Waals surface area contributed by atoms with Gasteiger partial charge in [0, 0.05) is 18.3 Å². The number of aromatic nitrogens is 2. The van der Waals surface area contributed by atoms with Crippen molar-refractivity contribution in [3.63, 3.8) is 0 Å². The second-order valence-electron chi connectivity index (χ2n) is 8.17. The normalized spacial score (nSPS) is 16.4. The number of H-pyrrole nitrogens is 1. The van der Waals surface area contributed by atoms with E-state index in [-0.39, 0.29) is 18.8 Å². The van der Waals surface area contributed by atoms with Gasteiger partial charge in [-0.1, -0.05) is 20.3 Å². The van der Waals surface area contributed by atoms with Crippen molar-refractivity contribution in [2.75, 3.05) is 12.0 Å². The van der Waals surface area contributed by atoms with Gasteiger partial charge < -0.3 is 36.9 Å². The van der Waals surface area contributed by atoms with Crippen molar-refractivity contribution in [3.05, 3.63) is 18.2 Å². The number of aliphatic hydroxyl groups is 1. The molecule has 0 saturated carbocycles. The summed E-state index contributed by atoms with van der Waals surface area (Å²) in [6, 6.07) is -4.53. The second kappa shape index (κ2) is 14.6. The second-order valence-corrected chi connectivity index (χ2v) is 9.15. The van der Waals surface area contributed by atoms with Gasteiger partial charge in [-0.05, 0) is 31.3 Å². The molecule has 12 nitrogen and oxygen atoms in total. The molecule has 1 heterocycles. The predicted molar refractivity (Wildman–Crippen MR) is 128 cm³/mol. The van der Waals surface area contributed by atoms with Gasteiger partial charge in [0.1, 0.15) is 18.1 Å². The Morgan fingerprint density at radius 2 is 1.76 bits per heavy atom. The van der Waals surface area contributed by atoms with Gasteiger partial charge in [-0.3, -0.25) is 14.4 Å². The Morgan fingerprint density at radius 1 is 1.12 bits per heavy atom. The number of imidazole rings is 1. The molecule has 0 aliphatic rings. The Hall–Kier alpha value is -2.64. The molecule has 1 aromatic rings. The van der Waals surface area contributed by atoms with E-state index in [1.54, 1.807) is 6.92 Å². The van der Waals surface area contributed by atoms with E-state index in [0.717, 1.165) is 0 Å². The largest absolute Gasteiger partial charge is 0.480 e. The Bertz CT molecular complexity index is 806. The maximum atomic E-state index is 12.9. The van der Waals surface area contributed by atoms with Crippen molar-refractivity contribution in [2.24, 2.45) is 11.7 Å². The number of carbonyl (C=O) groups excluding carboxylic acids is 3. The van der Waals surface area contributed by atoms with E-state index in [0.29, 0.717) is 17.9 Å². The van der Waals surface area contributed by atoms with Gasteiger partial charge in [0.2, 0.25) is 17.7 Å². The lowest BCUT2D eigenvalue weighted by molar-refractivity contribution is -0.144. The summed E-state index contributed by atoms with van der Waals surface area (Å²) in [7, 11) is 0. The standard InChI is InChI=1S/C21H36N6O6S/c1-5-11(2)16(21(32)33)26-19(30)15(6-7-34-4)25-20(31)17(12(3)28)27-18(29)14(22)8-13-9-23-10-24-13/h9-12,14-17,28H,5-8,22H2,1-4H3,(H,23,24)(H,25,31)(H,26,30)(H,27,29)(H,32,33). The molecule has 1 aromatic heterocycles. The highest BCUT2D eigenvalue weighted by Gasteiger charge is 2.33. The molecule has 0 saturated heterocycles. The first-order valence-corrected chi connectivity index (χ1v) is 12.4. The lowest BCUT2D eigenvalue weighted by Crippen LogP contribution is -2.60. The number of carboxylic acids is 1. The van der Waals surface area contributed by atoms with Crippen molar-refractivity contribution in [1.82, 2.24) is 25.9 Å². The summed E-state index contributed by atoms with van der Waals surface area (Å²) in [5, 5.41) is 27.0. The zero-order valence-electron chi connectivity index (χ0n) is 19.9. The number of aliphatic carboxylic acids is 1. The van der Waals surface area contributed by atoms with E-state index in [4.69, 9.17) is 5.73 Å². The lowest BCUT2D eigenvalue weighted by Gasteiger charge is -2.27. The summed E-state index contributed by atoms with van der Waals surface area (Å²) in [6.45, 7) is 4.85. The molecular weight excluding hydrogens is 464 g/mol. The van der Waals surface area contributed by atoms with Crippen molar-refractivity contribution >= 4 is 35.5 Å². The highest BCUT2D eigenvalue weighted by Crippen LogP contribution is 2.10. The van der Waals surface area contributed by atoms with Gasteiger partial charge in [0.15, 0.2) is 0 Å². The maximum absolute atomic E-state index is 12.9. The minimum absolute atomic E-state index is 0.144. The van der Waals surface area contributed by atoms with Gasteiger partial charge in [-0.25, -0.2) is 9.78 Å². The van der Waals surface area contributed by atoms with Crippen LogP contribution in [0.1, 0.15) is 39.3 Å². The number of nitrogens with zero attached hydrogens (tertiary/aromatic N) is 1. The van der Waals surface area contributed by atoms with Gasteiger partial charge in [0.25, 0.3) is 0 Å². The van der Waals surface area contributed by atoms with Crippen LogP contribution in [0.4, 0.5) is 0 Å². The molecule has 0 aliphatic heterocycles. The summed E-state index contributed by atoms with van der Waals surface area (Å²) in [4.78, 5) is 56.5. The van der Waals surface area contributed by atoms with Gasteiger partial charge in [-0.15, -0.1) is 0 Å². The molecule has 1 rings (SSSR count). The number of thioether (sulfide) groups is 1. The fraction of sp³-hybridized carbons (Fsp3) is 0.667. The number of nitrogens with two attached hydrogens (primary N) is 1. The maximum Gasteiger partial charge on any atom is 0.326 e. The molecule has 8 N–H and O–H groups in total. The van der Waals surface area contributed by atoms with Crippen LogP contribution in [0.25, 0.3) is 0 Å². The van der Waals surface area contributed by atoms with E-state index < -0.39 is 54.0 Å². The van der Waals surface area contributed by atoms with Crippen LogP contribution in [0.2, 0.25) is 0 Å². The summed E-state index contributed by atoms with van der Waals surface area (Å²) < 4.78 is 0. The van der Waals surface area contributed by atoms with Crippen molar-refractivity contribution < 1.29 is 29.4 Å². The molecule has 0 radical (unpaired) electrons. The number of aromatic amines is 1. The van der Waals surface area contributed by atoms with E-state index in [1.807, 2.05) is 13.2 Å². The molecule has 13 heteroatoms. The smallest absolute Gasteiger partial charge is 0.326 e. The number of carbonyl (C=O) groups is 4.